The maximum atomic E-state index is 13.1. The molecule has 2 aromatic rings. The van der Waals surface area contributed by atoms with Crippen molar-refractivity contribution in [3.8, 4) is 0 Å². The molecule has 1 aliphatic rings. The highest BCUT2D eigenvalue weighted by Gasteiger charge is 2.39. The van der Waals surface area contributed by atoms with Crippen molar-refractivity contribution in [2.24, 2.45) is 7.05 Å². The molecule has 1 unspecified atom stereocenters. The van der Waals surface area contributed by atoms with E-state index in [2.05, 4.69) is 15.3 Å². The topological polar surface area (TPSA) is 101 Å². The molecule has 142 valence electrons. The van der Waals surface area contributed by atoms with Crippen LogP contribution in [0, 0.1) is 0 Å². The Balaban J connectivity index is 1.88. The van der Waals surface area contributed by atoms with Crippen molar-refractivity contribution in [1.82, 2.24) is 24.3 Å². The van der Waals surface area contributed by atoms with Crippen LogP contribution in [0.3, 0.4) is 0 Å². The molecule has 0 N–H and O–H groups in total. The Kier molecular flexibility index (Phi) is 5.39. The molecular weight excluding hydrogens is 376 g/mol. The standard InChI is InChI=1S/C15H22N6O3S2/c1-4-12-17-18-13(25-12)10-21(26(3,23)24)11-6-5-9-20(15(11)22)14-7-8-16-19(14)2/h7-8,11H,4-6,9-10H2,1-3H3. The number of carbonyl (C=O) groups is 1. The highest BCUT2D eigenvalue weighted by molar-refractivity contribution is 7.88. The van der Waals surface area contributed by atoms with Crippen LogP contribution in [0.25, 0.3) is 0 Å². The van der Waals surface area contributed by atoms with Gasteiger partial charge >= 0.3 is 0 Å². The summed E-state index contributed by atoms with van der Waals surface area (Å²) >= 11 is 1.38. The molecule has 9 nitrogen and oxygen atoms in total. The van der Waals surface area contributed by atoms with Gasteiger partial charge in [0.15, 0.2) is 0 Å². The zero-order chi connectivity index (χ0) is 18.9. The fourth-order valence-corrected chi connectivity index (χ4v) is 4.95. The summed E-state index contributed by atoms with van der Waals surface area (Å²) in [6, 6.07) is 1.01. The molecule has 0 spiro atoms. The molecule has 3 heterocycles. The third kappa shape index (κ3) is 3.79. The third-order valence-electron chi connectivity index (χ3n) is 4.36. The molecule has 1 saturated heterocycles. The van der Waals surface area contributed by atoms with Crippen LogP contribution in [0.5, 0.6) is 0 Å². The number of aryl methyl sites for hydroxylation is 2. The highest BCUT2D eigenvalue weighted by atomic mass is 32.2. The Morgan fingerprint density at radius 1 is 1.35 bits per heavy atom. The average Bonchev–Trinajstić information content (AvgIpc) is 3.21. The molecule has 1 aliphatic heterocycles. The Bertz CT molecular complexity index is 891. The lowest BCUT2D eigenvalue weighted by molar-refractivity contribution is -0.123. The Morgan fingerprint density at radius 2 is 2.08 bits per heavy atom. The highest BCUT2D eigenvalue weighted by Crippen LogP contribution is 2.26. The second kappa shape index (κ2) is 7.41. The second-order valence-corrected chi connectivity index (χ2v) is 9.29. The number of sulfonamides is 1. The fraction of sp³-hybridized carbons (Fsp3) is 0.600. The number of amides is 1. The summed E-state index contributed by atoms with van der Waals surface area (Å²) < 4.78 is 27.7. The van der Waals surface area contributed by atoms with Crippen LogP contribution in [0.4, 0.5) is 5.82 Å². The van der Waals surface area contributed by atoms with Gasteiger partial charge in [-0.3, -0.25) is 14.4 Å². The third-order valence-corrected chi connectivity index (χ3v) is 6.65. The Morgan fingerprint density at radius 3 is 2.65 bits per heavy atom. The van der Waals surface area contributed by atoms with Crippen LogP contribution in [0.2, 0.25) is 0 Å². The lowest BCUT2D eigenvalue weighted by Crippen LogP contribution is -2.54. The molecule has 0 aliphatic carbocycles. The maximum Gasteiger partial charge on any atom is 0.246 e. The van der Waals surface area contributed by atoms with E-state index in [1.165, 1.54) is 15.6 Å². The zero-order valence-corrected chi connectivity index (χ0v) is 16.6. The average molecular weight is 399 g/mol. The van der Waals surface area contributed by atoms with E-state index < -0.39 is 16.1 Å². The summed E-state index contributed by atoms with van der Waals surface area (Å²) in [6.45, 7) is 2.58. The first kappa shape index (κ1) is 18.9. The summed E-state index contributed by atoms with van der Waals surface area (Å²) in [5, 5.41) is 13.6. The normalized spacial score (nSPS) is 18.7. The minimum atomic E-state index is -3.59. The second-order valence-electron chi connectivity index (χ2n) is 6.21. The van der Waals surface area contributed by atoms with E-state index in [0.717, 1.165) is 17.7 Å². The van der Waals surface area contributed by atoms with Crippen molar-refractivity contribution in [3.05, 3.63) is 22.3 Å². The molecular formula is C15H22N6O3S2. The van der Waals surface area contributed by atoms with E-state index in [1.807, 2.05) is 6.92 Å². The van der Waals surface area contributed by atoms with E-state index in [9.17, 15) is 13.2 Å². The van der Waals surface area contributed by atoms with Crippen molar-refractivity contribution in [3.63, 3.8) is 0 Å². The fourth-order valence-electron chi connectivity index (χ4n) is 3.07. The first-order valence-electron chi connectivity index (χ1n) is 8.38. The molecule has 3 rings (SSSR count). The summed E-state index contributed by atoms with van der Waals surface area (Å²) in [5.41, 5.74) is 0. The zero-order valence-electron chi connectivity index (χ0n) is 15.0. The van der Waals surface area contributed by atoms with Crippen molar-refractivity contribution >= 4 is 33.1 Å². The van der Waals surface area contributed by atoms with Crippen LogP contribution in [-0.2, 0) is 34.8 Å². The lowest BCUT2D eigenvalue weighted by atomic mass is 10.0. The van der Waals surface area contributed by atoms with Crippen molar-refractivity contribution < 1.29 is 13.2 Å². The Labute approximate surface area is 156 Å². The number of anilines is 1. The van der Waals surface area contributed by atoms with Gasteiger partial charge in [0, 0.05) is 19.7 Å². The number of carbonyl (C=O) groups excluding carboxylic acids is 1. The van der Waals surface area contributed by atoms with Gasteiger partial charge in [0.2, 0.25) is 15.9 Å². The summed E-state index contributed by atoms with van der Waals surface area (Å²) in [6.07, 6.45) is 4.69. The summed E-state index contributed by atoms with van der Waals surface area (Å²) in [5.74, 6) is 0.433. The van der Waals surface area contributed by atoms with Gasteiger partial charge in [-0.05, 0) is 19.3 Å². The van der Waals surface area contributed by atoms with Gasteiger partial charge in [0.25, 0.3) is 0 Å². The molecule has 1 amide bonds. The lowest BCUT2D eigenvalue weighted by Gasteiger charge is -2.36. The number of hydrogen-bond acceptors (Lipinski definition) is 7. The number of aromatic nitrogens is 4. The van der Waals surface area contributed by atoms with Crippen molar-refractivity contribution in [2.75, 3.05) is 17.7 Å². The predicted molar refractivity (Wildman–Crippen MR) is 98.3 cm³/mol. The number of hydrogen-bond donors (Lipinski definition) is 0. The quantitative estimate of drug-likeness (QED) is 0.713. The summed E-state index contributed by atoms with van der Waals surface area (Å²) in [4.78, 5) is 14.7. The smallest absolute Gasteiger partial charge is 0.246 e. The van der Waals surface area contributed by atoms with E-state index in [0.29, 0.717) is 30.2 Å². The first-order chi connectivity index (χ1) is 12.3. The van der Waals surface area contributed by atoms with Crippen LogP contribution in [0.1, 0.15) is 29.8 Å². The molecule has 1 fully saturated rings. The van der Waals surface area contributed by atoms with Crippen LogP contribution >= 0.6 is 11.3 Å². The molecule has 11 heteroatoms. The van der Waals surface area contributed by atoms with Gasteiger partial charge < -0.3 is 0 Å². The van der Waals surface area contributed by atoms with Crippen LogP contribution in [0.15, 0.2) is 12.3 Å². The maximum absolute atomic E-state index is 13.1. The monoisotopic (exact) mass is 398 g/mol. The van der Waals surface area contributed by atoms with E-state index in [-0.39, 0.29) is 12.5 Å². The number of nitrogens with zero attached hydrogens (tertiary/aromatic N) is 6. The molecule has 2 aromatic heterocycles. The number of piperidine rings is 1. The minimum Gasteiger partial charge on any atom is -0.296 e. The first-order valence-corrected chi connectivity index (χ1v) is 11.0. The molecule has 0 saturated carbocycles. The summed E-state index contributed by atoms with van der Waals surface area (Å²) in [7, 11) is -1.84. The van der Waals surface area contributed by atoms with E-state index >= 15 is 0 Å². The van der Waals surface area contributed by atoms with E-state index in [1.54, 1.807) is 28.9 Å². The molecule has 1 atom stereocenters. The van der Waals surface area contributed by atoms with Crippen LogP contribution < -0.4 is 4.90 Å². The van der Waals surface area contributed by atoms with Crippen molar-refractivity contribution in [2.45, 2.75) is 38.8 Å². The molecule has 0 aromatic carbocycles. The Hall–Kier alpha value is -1.85. The molecule has 0 bridgehead atoms. The van der Waals surface area contributed by atoms with Gasteiger partial charge in [0.1, 0.15) is 21.9 Å². The van der Waals surface area contributed by atoms with Crippen molar-refractivity contribution in [1.29, 1.82) is 0 Å². The van der Waals surface area contributed by atoms with Gasteiger partial charge in [0.05, 0.1) is 19.0 Å². The SMILES string of the molecule is CCc1nnc(CN(C2CCCN(c3ccnn3C)C2=O)S(C)(=O)=O)s1. The largest absolute Gasteiger partial charge is 0.296 e. The van der Waals surface area contributed by atoms with Crippen LogP contribution in [-0.4, -0.2) is 57.5 Å². The molecule has 26 heavy (non-hydrogen) atoms. The molecule has 0 radical (unpaired) electrons. The number of rotatable bonds is 6. The van der Waals surface area contributed by atoms with Gasteiger partial charge in [-0.2, -0.15) is 9.40 Å². The predicted octanol–water partition coefficient (Wildman–Crippen LogP) is 0.791. The van der Waals surface area contributed by atoms with Gasteiger partial charge in [-0.1, -0.05) is 6.92 Å². The van der Waals surface area contributed by atoms with Gasteiger partial charge in [-0.25, -0.2) is 8.42 Å². The minimum absolute atomic E-state index is 0.0616. The van der Waals surface area contributed by atoms with E-state index in [4.69, 9.17) is 0 Å². The van der Waals surface area contributed by atoms with Gasteiger partial charge in [-0.15, -0.1) is 21.5 Å².